The van der Waals surface area contributed by atoms with E-state index in [9.17, 15) is 13.2 Å². The SMILES string of the molecule is CCOC(=O)CCNS(=O)(=O)c1cc(N)ccc1CC. The van der Waals surface area contributed by atoms with Gasteiger partial charge in [0.2, 0.25) is 10.0 Å². The molecule has 112 valence electrons. The number of nitrogen functional groups attached to an aromatic ring is 1. The third-order valence-corrected chi connectivity index (χ3v) is 4.23. The fourth-order valence-electron chi connectivity index (χ4n) is 1.71. The fourth-order valence-corrected chi connectivity index (χ4v) is 3.09. The van der Waals surface area contributed by atoms with Gasteiger partial charge in [-0.15, -0.1) is 0 Å². The molecule has 1 rings (SSSR count). The molecule has 6 nitrogen and oxygen atoms in total. The van der Waals surface area contributed by atoms with Gasteiger partial charge >= 0.3 is 5.97 Å². The topological polar surface area (TPSA) is 98.5 Å². The monoisotopic (exact) mass is 300 g/mol. The van der Waals surface area contributed by atoms with Crippen LogP contribution in [-0.4, -0.2) is 27.5 Å². The number of hydrogen-bond acceptors (Lipinski definition) is 5. The molecule has 0 atom stereocenters. The lowest BCUT2D eigenvalue weighted by Crippen LogP contribution is -2.27. The van der Waals surface area contributed by atoms with Crippen molar-refractivity contribution in [3.63, 3.8) is 0 Å². The quantitative estimate of drug-likeness (QED) is 0.579. The molecule has 0 fully saturated rings. The molecule has 0 heterocycles. The van der Waals surface area contributed by atoms with E-state index < -0.39 is 16.0 Å². The molecule has 0 aliphatic carbocycles. The number of sulfonamides is 1. The number of carbonyl (C=O) groups is 1. The summed E-state index contributed by atoms with van der Waals surface area (Å²) in [6.45, 7) is 3.84. The second-order valence-electron chi connectivity index (χ2n) is 4.17. The van der Waals surface area contributed by atoms with E-state index >= 15 is 0 Å². The molecular formula is C13H20N2O4S. The predicted molar refractivity (Wildman–Crippen MR) is 76.7 cm³/mol. The van der Waals surface area contributed by atoms with Crippen LogP contribution in [0.25, 0.3) is 0 Å². The van der Waals surface area contributed by atoms with Crippen LogP contribution >= 0.6 is 0 Å². The zero-order valence-corrected chi connectivity index (χ0v) is 12.5. The van der Waals surface area contributed by atoms with Crippen molar-refractivity contribution in [2.75, 3.05) is 18.9 Å². The van der Waals surface area contributed by atoms with Gasteiger partial charge in [0.05, 0.1) is 17.9 Å². The Balaban J connectivity index is 2.79. The van der Waals surface area contributed by atoms with Gasteiger partial charge < -0.3 is 10.5 Å². The highest BCUT2D eigenvalue weighted by atomic mass is 32.2. The van der Waals surface area contributed by atoms with Crippen LogP contribution in [0.4, 0.5) is 5.69 Å². The number of ether oxygens (including phenoxy) is 1. The second kappa shape index (κ2) is 7.25. The first-order valence-corrected chi connectivity index (χ1v) is 7.92. The van der Waals surface area contributed by atoms with Crippen LogP contribution in [0.2, 0.25) is 0 Å². The molecule has 0 saturated carbocycles. The largest absolute Gasteiger partial charge is 0.466 e. The summed E-state index contributed by atoms with van der Waals surface area (Å²) >= 11 is 0. The Morgan fingerprint density at radius 1 is 1.35 bits per heavy atom. The third-order valence-electron chi connectivity index (χ3n) is 2.69. The van der Waals surface area contributed by atoms with E-state index in [0.29, 0.717) is 17.7 Å². The Morgan fingerprint density at radius 2 is 2.05 bits per heavy atom. The highest BCUT2D eigenvalue weighted by Crippen LogP contribution is 2.19. The Morgan fingerprint density at radius 3 is 2.65 bits per heavy atom. The van der Waals surface area contributed by atoms with Gasteiger partial charge in [0.25, 0.3) is 0 Å². The minimum Gasteiger partial charge on any atom is -0.466 e. The minimum atomic E-state index is -3.67. The number of aryl methyl sites for hydroxylation is 1. The molecule has 0 bridgehead atoms. The lowest BCUT2D eigenvalue weighted by Gasteiger charge is -2.11. The number of rotatable bonds is 7. The molecule has 0 aliphatic heterocycles. The maximum Gasteiger partial charge on any atom is 0.307 e. The smallest absolute Gasteiger partial charge is 0.307 e. The molecule has 0 amide bonds. The van der Waals surface area contributed by atoms with Crippen molar-refractivity contribution < 1.29 is 17.9 Å². The van der Waals surface area contributed by atoms with Gasteiger partial charge in [-0.25, -0.2) is 13.1 Å². The van der Waals surface area contributed by atoms with E-state index in [0.717, 1.165) is 0 Å². The number of carbonyl (C=O) groups excluding carboxylic acids is 1. The lowest BCUT2D eigenvalue weighted by atomic mass is 10.1. The number of anilines is 1. The molecule has 0 saturated heterocycles. The summed E-state index contributed by atoms with van der Waals surface area (Å²) < 4.78 is 31.5. The standard InChI is InChI=1S/C13H20N2O4S/c1-3-10-5-6-11(14)9-12(10)20(17,18)15-8-7-13(16)19-4-2/h5-6,9,15H,3-4,7-8,14H2,1-2H3. The van der Waals surface area contributed by atoms with Gasteiger partial charge in [-0.05, 0) is 31.0 Å². The highest BCUT2D eigenvalue weighted by Gasteiger charge is 2.18. The number of esters is 1. The summed E-state index contributed by atoms with van der Waals surface area (Å²) in [5.41, 5.74) is 6.69. The first kappa shape index (κ1) is 16.5. The van der Waals surface area contributed by atoms with Crippen LogP contribution in [0.5, 0.6) is 0 Å². The second-order valence-corrected chi connectivity index (χ2v) is 5.91. The van der Waals surface area contributed by atoms with E-state index in [4.69, 9.17) is 10.5 Å². The zero-order chi connectivity index (χ0) is 15.2. The first-order valence-electron chi connectivity index (χ1n) is 6.44. The van der Waals surface area contributed by atoms with Crippen LogP contribution in [0.15, 0.2) is 23.1 Å². The summed E-state index contributed by atoms with van der Waals surface area (Å²) in [5, 5.41) is 0. The van der Waals surface area contributed by atoms with E-state index in [1.165, 1.54) is 6.07 Å². The van der Waals surface area contributed by atoms with E-state index in [1.54, 1.807) is 19.1 Å². The summed E-state index contributed by atoms with van der Waals surface area (Å²) in [6, 6.07) is 4.78. The number of nitrogens with one attached hydrogen (secondary N) is 1. The minimum absolute atomic E-state index is 0.000873. The van der Waals surface area contributed by atoms with E-state index in [1.807, 2.05) is 6.92 Å². The summed E-state index contributed by atoms with van der Waals surface area (Å²) in [4.78, 5) is 11.3. The van der Waals surface area contributed by atoms with Crippen LogP contribution in [0.3, 0.4) is 0 Å². The Bertz CT molecular complexity index is 570. The van der Waals surface area contributed by atoms with Crippen molar-refractivity contribution in [3.05, 3.63) is 23.8 Å². The maximum absolute atomic E-state index is 12.2. The van der Waals surface area contributed by atoms with E-state index in [2.05, 4.69) is 4.72 Å². The Kier molecular flexibility index (Phi) is 5.97. The highest BCUT2D eigenvalue weighted by molar-refractivity contribution is 7.89. The van der Waals surface area contributed by atoms with E-state index in [-0.39, 0.29) is 24.5 Å². The number of nitrogens with two attached hydrogens (primary N) is 1. The van der Waals surface area contributed by atoms with Crippen LogP contribution < -0.4 is 10.5 Å². The van der Waals surface area contributed by atoms with Crippen LogP contribution in [-0.2, 0) is 26.0 Å². The third kappa shape index (κ3) is 4.50. The van der Waals surface area contributed by atoms with Gasteiger partial charge in [-0.2, -0.15) is 0 Å². The molecule has 0 spiro atoms. The maximum atomic E-state index is 12.2. The summed E-state index contributed by atoms with van der Waals surface area (Å²) in [6.07, 6.45) is 0.575. The molecule has 7 heteroatoms. The molecule has 1 aromatic rings. The molecule has 0 aromatic heterocycles. The van der Waals surface area contributed by atoms with Gasteiger partial charge in [-0.3, -0.25) is 4.79 Å². The van der Waals surface area contributed by atoms with Crippen LogP contribution in [0, 0.1) is 0 Å². The van der Waals surface area contributed by atoms with Crippen molar-refractivity contribution in [3.8, 4) is 0 Å². The van der Waals surface area contributed by atoms with Gasteiger partial charge in [-0.1, -0.05) is 13.0 Å². The first-order chi connectivity index (χ1) is 9.40. The lowest BCUT2D eigenvalue weighted by molar-refractivity contribution is -0.142. The van der Waals surface area contributed by atoms with Crippen molar-refractivity contribution in [2.45, 2.75) is 31.6 Å². The summed E-state index contributed by atoms with van der Waals surface area (Å²) in [5.74, 6) is -0.432. The molecule has 20 heavy (non-hydrogen) atoms. The number of hydrogen-bond donors (Lipinski definition) is 2. The predicted octanol–water partition coefficient (Wildman–Crippen LogP) is 1.06. The van der Waals surface area contributed by atoms with Crippen molar-refractivity contribution in [2.24, 2.45) is 0 Å². The van der Waals surface area contributed by atoms with Gasteiger partial charge in [0.1, 0.15) is 0 Å². The zero-order valence-electron chi connectivity index (χ0n) is 11.7. The van der Waals surface area contributed by atoms with Crippen molar-refractivity contribution in [1.29, 1.82) is 0 Å². The summed E-state index contributed by atoms with van der Waals surface area (Å²) in [7, 11) is -3.67. The molecule has 0 unspecified atom stereocenters. The average molecular weight is 300 g/mol. The molecule has 0 radical (unpaired) electrons. The molecular weight excluding hydrogens is 280 g/mol. The molecule has 3 N–H and O–H groups in total. The molecule has 0 aliphatic rings. The average Bonchev–Trinajstić information content (AvgIpc) is 2.38. The van der Waals surface area contributed by atoms with Crippen molar-refractivity contribution in [1.82, 2.24) is 4.72 Å². The van der Waals surface area contributed by atoms with Gasteiger partial charge in [0.15, 0.2) is 0 Å². The van der Waals surface area contributed by atoms with Crippen LogP contribution in [0.1, 0.15) is 25.8 Å². The number of benzene rings is 1. The Hall–Kier alpha value is -1.60. The molecule has 1 aromatic carbocycles. The fraction of sp³-hybridized carbons (Fsp3) is 0.462. The van der Waals surface area contributed by atoms with Crippen molar-refractivity contribution >= 4 is 21.7 Å². The normalized spacial score (nSPS) is 11.3. The Labute approximate surface area is 119 Å². The van der Waals surface area contributed by atoms with Gasteiger partial charge in [0, 0.05) is 12.2 Å².